The molecule has 0 fully saturated rings. The molecule has 1 aliphatic heterocycles. The van der Waals surface area contributed by atoms with Crippen molar-refractivity contribution in [3.8, 4) is 17.6 Å². The minimum absolute atomic E-state index is 0.00124. The summed E-state index contributed by atoms with van der Waals surface area (Å²) in [6.07, 6.45) is 1.51. The van der Waals surface area contributed by atoms with Crippen LogP contribution in [0.25, 0.3) is 6.08 Å². The zero-order valence-electron chi connectivity index (χ0n) is 12.8. The van der Waals surface area contributed by atoms with Crippen LogP contribution in [-0.2, 0) is 4.79 Å². The van der Waals surface area contributed by atoms with E-state index in [1.54, 1.807) is 24.3 Å². The molecule has 24 heavy (non-hydrogen) atoms. The highest BCUT2D eigenvalue weighted by Gasteiger charge is 2.18. The predicted octanol–water partition coefficient (Wildman–Crippen LogP) is 4.03. The molecular formula is C18H13BrN2O3. The number of nitrogens with zero attached hydrogens (tertiary/aromatic N) is 1. The zero-order valence-corrected chi connectivity index (χ0v) is 14.4. The standard InChI is InChI=1S/C18H13BrN2O3/c1-11-2-4-14(5-3-11)21-18(22)13(9-20)6-12-7-15(19)17-16(8-12)23-10-24-17/h2-8H,10H2,1H3,(H,21,22)/b13-6+. The molecule has 0 unspecified atom stereocenters. The number of nitriles is 1. The highest BCUT2D eigenvalue weighted by atomic mass is 79.9. The van der Waals surface area contributed by atoms with Gasteiger partial charge in [-0.05, 0) is 58.8 Å². The largest absolute Gasteiger partial charge is 0.454 e. The molecular weight excluding hydrogens is 372 g/mol. The molecule has 0 radical (unpaired) electrons. The van der Waals surface area contributed by atoms with Crippen LogP contribution >= 0.6 is 15.9 Å². The zero-order chi connectivity index (χ0) is 17.1. The fourth-order valence-electron chi connectivity index (χ4n) is 2.22. The SMILES string of the molecule is Cc1ccc(NC(=O)/C(C#N)=C/c2cc(Br)c3c(c2)OCO3)cc1. The molecule has 2 aromatic rings. The van der Waals surface area contributed by atoms with Crippen molar-refractivity contribution in [2.45, 2.75) is 6.92 Å². The lowest BCUT2D eigenvalue weighted by Crippen LogP contribution is -2.13. The van der Waals surface area contributed by atoms with E-state index < -0.39 is 5.91 Å². The van der Waals surface area contributed by atoms with E-state index in [1.165, 1.54) is 6.08 Å². The van der Waals surface area contributed by atoms with Crippen LogP contribution in [0, 0.1) is 18.3 Å². The molecule has 0 saturated heterocycles. The smallest absolute Gasteiger partial charge is 0.266 e. The summed E-state index contributed by atoms with van der Waals surface area (Å²) in [5.41, 5.74) is 2.40. The summed E-state index contributed by atoms with van der Waals surface area (Å²) in [7, 11) is 0. The third-order valence-electron chi connectivity index (χ3n) is 3.44. The fourth-order valence-corrected chi connectivity index (χ4v) is 2.80. The molecule has 0 aromatic heterocycles. The van der Waals surface area contributed by atoms with Gasteiger partial charge in [0, 0.05) is 5.69 Å². The van der Waals surface area contributed by atoms with Gasteiger partial charge in [0.2, 0.25) is 6.79 Å². The molecule has 1 N–H and O–H groups in total. The number of anilines is 1. The number of rotatable bonds is 3. The fraction of sp³-hybridized carbons (Fsp3) is 0.111. The van der Waals surface area contributed by atoms with Gasteiger partial charge in [0.05, 0.1) is 4.47 Å². The van der Waals surface area contributed by atoms with Crippen LogP contribution in [0.5, 0.6) is 11.5 Å². The Morgan fingerprint density at radius 2 is 2.04 bits per heavy atom. The first kappa shape index (κ1) is 16.1. The number of fused-ring (bicyclic) bond motifs is 1. The molecule has 1 aliphatic rings. The van der Waals surface area contributed by atoms with Crippen molar-refractivity contribution in [3.05, 3.63) is 57.6 Å². The Hall–Kier alpha value is -2.78. The van der Waals surface area contributed by atoms with Gasteiger partial charge in [-0.1, -0.05) is 17.7 Å². The lowest BCUT2D eigenvalue weighted by Gasteiger charge is -2.05. The molecule has 0 bridgehead atoms. The Morgan fingerprint density at radius 3 is 2.75 bits per heavy atom. The minimum atomic E-state index is -0.463. The molecule has 1 amide bonds. The van der Waals surface area contributed by atoms with Gasteiger partial charge in [-0.2, -0.15) is 5.26 Å². The summed E-state index contributed by atoms with van der Waals surface area (Å²) in [6, 6.07) is 12.8. The van der Waals surface area contributed by atoms with Gasteiger partial charge in [0.1, 0.15) is 11.6 Å². The van der Waals surface area contributed by atoms with Crippen LogP contribution < -0.4 is 14.8 Å². The third kappa shape index (κ3) is 3.42. The Kier molecular flexibility index (Phi) is 4.54. The first-order chi connectivity index (χ1) is 11.6. The Labute approximate surface area is 147 Å². The van der Waals surface area contributed by atoms with E-state index in [0.717, 1.165) is 5.56 Å². The Bertz CT molecular complexity index is 867. The van der Waals surface area contributed by atoms with Crippen molar-refractivity contribution in [3.63, 3.8) is 0 Å². The third-order valence-corrected chi connectivity index (χ3v) is 4.02. The van der Waals surface area contributed by atoms with Crippen molar-refractivity contribution >= 4 is 33.6 Å². The monoisotopic (exact) mass is 384 g/mol. The Morgan fingerprint density at radius 1 is 1.29 bits per heavy atom. The molecule has 0 atom stereocenters. The second kappa shape index (κ2) is 6.77. The molecule has 1 heterocycles. The number of hydrogen-bond donors (Lipinski definition) is 1. The average molecular weight is 385 g/mol. The summed E-state index contributed by atoms with van der Waals surface area (Å²) >= 11 is 3.39. The van der Waals surface area contributed by atoms with Gasteiger partial charge in [-0.25, -0.2) is 0 Å². The second-order valence-corrected chi connectivity index (χ2v) is 6.08. The van der Waals surface area contributed by atoms with Crippen molar-refractivity contribution < 1.29 is 14.3 Å². The van der Waals surface area contributed by atoms with Gasteiger partial charge in [-0.15, -0.1) is 0 Å². The summed E-state index contributed by atoms with van der Waals surface area (Å²) in [5.74, 6) is 0.733. The minimum Gasteiger partial charge on any atom is -0.454 e. The number of amides is 1. The van der Waals surface area contributed by atoms with E-state index in [-0.39, 0.29) is 12.4 Å². The summed E-state index contributed by atoms with van der Waals surface area (Å²) in [5, 5.41) is 12.0. The maximum absolute atomic E-state index is 12.3. The molecule has 0 spiro atoms. The van der Waals surface area contributed by atoms with Crippen molar-refractivity contribution in [1.82, 2.24) is 0 Å². The number of halogens is 1. The van der Waals surface area contributed by atoms with Crippen LogP contribution in [0.2, 0.25) is 0 Å². The van der Waals surface area contributed by atoms with E-state index in [1.807, 2.05) is 25.1 Å². The first-order valence-electron chi connectivity index (χ1n) is 7.16. The number of hydrogen-bond acceptors (Lipinski definition) is 4. The summed E-state index contributed by atoms with van der Waals surface area (Å²) < 4.78 is 11.4. The maximum Gasteiger partial charge on any atom is 0.266 e. The van der Waals surface area contributed by atoms with Gasteiger partial charge in [-0.3, -0.25) is 4.79 Å². The number of ether oxygens (including phenoxy) is 2. The van der Waals surface area contributed by atoms with E-state index in [4.69, 9.17) is 9.47 Å². The molecule has 6 heteroatoms. The van der Waals surface area contributed by atoms with Gasteiger partial charge >= 0.3 is 0 Å². The molecule has 5 nitrogen and oxygen atoms in total. The van der Waals surface area contributed by atoms with Crippen molar-refractivity contribution in [2.75, 3.05) is 12.1 Å². The van der Waals surface area contributed by atoms with Crippen LogP contribution in [0.4, 0.5) is 5.69 Å². The number of benzene rings is 2. The van der Waals surface area contributed by atoms with Crippen LogP contribution in [-0.4, -0.2) is 12.7 Å². The predicted molar refractivity (Wildman–Crippen MR) is 93.7 cm³/mol. The molecule has 0 saturated carbocycles. The topological polar surface area (TPSA) is 71.4 Å². The molecule has 3 rings (SSSR count). The first-order valence-corrected chi connectivity index (χ1v) is 7.95. The van der Waals surface area contributed by atoms with Gasteiger partial charge in [0.25, 0.3) is 5.91 Å². The van der Waals surface area contributed by atoms with Crippen LogP contribution in [0.15, 0.2) is 46.4 Å². The molecule has 2 aromatic carbocycles. The number of carbonyl (C=O) groups is 1. The van der Waals surface area contributed by atoms with E-state index >= 15 is 0 Å². The Balaban J connectivity index is 1.84. The normalized spacial score (nSPS) is 12.6. The highest BCUT2D eigenvalue weighted by molar-refractivity contribution is 9.10. The van der Waals surface area contributed by atoms with E-state index in [0.29, 0.717) is 27.2 Å². The van der Waals surface area contributed by atoms with Crippen molar-refractivity contribution in [1.29, 1.82) is 5.26 Å². The molecule has 120 valence electrons. The maximum atomic E-state index is 12.3. The average Bonchev–Trinajstić information content (AvgIpc) is 3.03. The lowest BCUT2D eigenvalue weighted by atomic mass is 10.1. The van der Waals surface area contributed by atoms with Crippen LogP contribution in [0.1, 0.15) is 11.1 Å². The lowest BCUT2D eigenvalue weighted by molar-refractivity contribution is -0.112. The number of aryl methyl sites for hydroxylation is 1. The molecule has 0 aliphatic carbocycles. The van der Waals surface area contributed by atoms with Gasteiger partial charge in [0.15, 0.2) is 11.5 Å². The number of carbonyl (C=O) groups excluding carboxylic acids is 1. The second-order valence-electron chi connectivity index (χ2n) is 5.23. The van der Waals surface area contributed by atoms with Crippen molar-refractivity contribution in [2.24, 2.45) is 0 Å². The summed E-state index contributed by atoms with van der Waals surface area (Å²) in [6.45, 7) is 2.11. The quantitative estimate of drug-likeness (QED) is 0.640. The van der Waals surface area contributed by atoms with E-state index in [9.17, 15) is 10.1 Å². The van der Waals surface area contributed by atoms with Gasteiger partial charge < -0.3 is 14.8 Å². The van der Waals surface area contributed by atoms with Crippen LogP contribution in [0.3, 0.4) is 0 Å². The highest BCUT2D eigenvalue weighted by Crippen LogP contribution is 2.40. The van der Waals surface area contributed by atoms with E-state index in [2.05, 4.69) is 21.2 Å². The number of nitrogens with one attached hydrogen (secondary N) is 1. The summed E-state index contributed by atoms with van der Waals surface area (Å²) in [4.78, 5) is 12.3.